The first kappa shape index (κ1) is 22.4. The third-order valence-corrected chi connectivity index (χ3v) is 8.05. The molecule has 1 aromatic carbocycles. The van der Waals surface area contributed by atoms with Crippen molar-refractivity contribution in [1.29, 1.82) is 0 Å². The van der Waals surface area contributed by atoms with Gasteiger partial charge in [-0.2, -0.15) is 0 Å². The second-order valence-corrected chi connectivity index (χ2v) is 10.5. The summed E-state index contributed by atoms with van der Waals surface area (Å²) in [6.45, 7) is 15.4. The van der Waals surface area contributed by atoms with Crippen molar-refractivity contribution in [3.63, 3.8) is 0 Å². The van der Waals surface area contributed by atoms with Gasteiger partial charge in [0.2, 0.25) is 0 Å². The number of aliphatic hydroxyl groups is 1. The molecule has 26 heavy (non-hydrogen) atoms. The molecule has 2 rings (SSSR count). The molecular formula is C18H28B2Br2O4. The predicted octanol–water partition coefficient (Wildman–Crippen LogP) is 3.05. The number of rotatable bonds is 5. The van der Waals surface area contributed by atoms with Gasteiger partial charge in [-0.3, -0.25) is 0 Å². The van der Waals surface area contributed by atoms with E-state index in [1.165, 1.54) is 0 Å². The third kappa shape index (κ3) is 4.26. The van der Waals surface area contributed by atoms with Crippen LogP contribution in [0.2, 0.25) is 0 Å². The van der Waals surface area contributed by atoms with Crippen molar-refractivity contribution in [2.24, 2.45) is 0 Å². The van der Waals surface area contributed by atoms with E-state index < -0.39 is 18.3 Å². The highest BCUT2D eigenvalue weighted by molar-refractivity contribution is 9.13. The summed E-state index contributed by atoms with van der Waals surface area (Å²) in [5, 5.41) is 10.3. The number of benzene rings is 1. The van der Waals surface area contributed by atoms with Crippen molar-refractivity contribution >= 4 is 57.4 Å². The minimum absolute atomic E-state index is 0.375. The average molecular weight is 490 g/mol. The fourth-order valence-electron chi connectivity index (χ4n) is 2.30. The van der Waals surface area contributed by atoms with E-state index in [0.717, 1.165) is 19.9 Å². The summed E-state index contributed by atoms with van der Waals surface area (Å²) in [6.07, 6.45) is 0. The van der Waals surface area contributed by atoms with Crippen LogP contribution in [-0.2, 0) is 14.0 Å². The molecule has 0 unspecified atom stereocenters. The zero-order valence-electron chi connectivity index (χ0n) is 16.9. The summed E-state index contributed by atoms with van der Waals surface area (Å²) in [7, 11) is -0.0618. The molecule has 144 valence electrons. The van der Waals surface area contributed by atoms with Crippen molar-refractivity contribution in [3.05, 3.63) is 21.1 Å². The normalized spacial score (nSPS) is 19.7. The molecule has 0 saturated carbocycles. The van der Waals surface area contributed by atoms with Crippen molar-refractivity contribution in [2.75, 3.05) is 0 Å². The lowest BCUT2D eigenvalue weighted by Gasteiger charge is -2.37. The second kappa shape index (κ2) is 7.20. The van der Waals surface area contributed by atoms with E-state index in [9.17, 15) is 5.11 Å². The van der Waals surface area contributed by atoms with Gasteiger partial charge in [0.1, 0.15) is 0 Å². The van der Waals surface area contributed by atoms with E-state index in [-0.39, 0.29) is 11.2 Å². The molecule has 0 radical (unpaired) electrons. The average Bonchev–Trinajstić information content (AvgIpc) is 2.67. The van der Waals surface area contributed by atoms with E-state index >= 15 is 0 Å². The fraction of sp³-hybridized carbons (Fsp3) is 0.667. The van der Waals surface area contributed by atoms with Gasteiger partial charge in [0, 0.05) is 8.95 Å². The maximum Gasteiger partial charge on any atom is 0.496 e. The van der Waals surface area contributed by atoms with Crippen LogP contribution in [0.5, 0.6) is 0 Å². The Morgan fingerprint density at radius 1 is 1.00 bits per heavy atom. The second-order valence-electron chi connectivity index (χ2n) is 8.89. The van der Waals surface area contributed by atoms with Crippen molar-refractivity contribution in [1.82, 2.24) is 0 Å². The van der Waals surface area contributed by atoms with Crippen LogP contribution in [0.25, 0.3) is 0 Å². The first-order valence-corrected chi connectivity index (χ1v) is 10.4. The highest BCUT2D eigenvalue weighted by Gasteiger charge is 2.52. The van der Waals surface area contributed by atoms with Gasteiger partial charge >= 0.3 is 14.6 Å². The van der Waals surface area contributed by atoms with E-state index in [1.54, 1.807) is 13.8 Å². The first-order chi connectivity index (χ1) is 11.6. The number of hydrogen-bond acceptors (Lipinski definition) is 4. The Morgan fingerprint density at radius 2 is 1.50 bits per heavy atom. The summed E-state index contributed by atoms with van der Waals surface area (Å²) in [5.41, 5.74) is -0.483. The monoisotopic (exact) mass is 488 g/mol. The summed E-state index contributed by atoms with van der Waals surface area (Å²) < 4.78 is 20.1. The Bertz CT molecular complexity index is 669. The van der Waals surface area contributed by atoms with Gasteiger partial charge in [-0.15, -0.1) is 0 Å². The quantitative estimate of drug-likeness (QED) is 0.646. The smallest absolute Gasteiger partial charge is 0.427 e. The Hall–Kier alpha value is 0.150. The predicted molar refractivity (Wildman–Crippen MR) is 116 cm³/mol. The summed E-state index contributed by atoms with van der Waals surface area (Å²) in [6, 6.07) is 3.99. The zero-order chi connectivity index (χ0) is 20.1. The van der Waals surface area contributed by atoms with E-state index in [4.69, 9.17) is 14.0 Å². The van der Waals surface area contributed by atoms with Crippen molar-refractivity contribution < 1.29 is 19.1 Å². The van der Waals surface area contributed by atoms with Crippen LogP contribution in [0.3, 0.4) is 0 Å². The van der Waals surface area contributed by atoms with Crippen LogP contribution in [0.1, 0.15) is 55.4 Å². The van der Waals surface area contributed by atoms with E-state index in [0.29, 0.717) is 7.48 Å². The van der Waals surface area contributed by atoms with Crippen LogP contribution >= 0.6 is 31.9 Å². The lowest BCUT2D eigenvalue weighted by molar-refractivity contribution is -0.0893. The van der Waals surface area contributed by atoms with Crippen molar-refractivity contribution in [3.8, 4) is 0 Å². The van der Waals surface area contributed by atoms with Crippen LogP contribution in [0, 0.1) is 0 Å². The van der Waals surface area contributed by atoms with Gasteiger partial charge in [-0.1, -0.05) is 44.0 Å². The van der Waals surface area contributed by atoms with Crippen LogP contribution in [0.15, 0.2) is 21.1 Å². The standard InChI is InChI=1S/C18H28B2Br2O4/c1-15(2,23)16(3,4)24-19-11-9-10-12(14(22)13(11)21)20-25-17(5,6)18(7,8)26-20/h9-10,19,23H,1-8H3. The Morgan fingerprint density at radius 3 is 1.96 bits per heavy atom. The van der Waals surface area contributed by atoms with Gasteiger partial charge in [0.05, 0.1) is 22.4 Å². The Labute approximate surface area is 175 Å². The summed E-state index contributed by atoms with van der Waals surface area (Å²) in [4.78, 5) is 0. The SMILES string of the molecule is CC(C)(O)C(C)(C)OBc1ccc(B2OC(C)(C)C(C)(C)O2)c(Br)c1Br. The molecule has 0 amide bonds. The molecule has 4 nitrogen and oxygen atoms in total. The molecule has 0 aliphatic carbocycles. The third-order valence-electron chi connectivity index (χ3n) is 5.76. The minimum atomic E-state index is -0.945. The molecule has 0 atom stereocenters. The van der Waals surface area contributed by atoms with Gasteiger partial charge in [0.15, 0.2) is 0 Å². The number of halogens is 2. The lowest BCUT2D eigenvalue weighted by atomic mass is 9.76. The summed E-state index contributed by atoms with van der Waals surface area (Å²) in [5.74, 6) is 0. The summed E-state index contributed by atoms with van der Waals surface area (Å²) >= 11 is 7.32. The van der Waals surface area contributed by atoms with Gasteiger partial charge < -0.3 is 19.1 Å². The molecule has 1 fully saturated rings. The van der Waals surface area contributed by atoms with Gasteiger partial charge in [-0.25, -0.2) is 0 Å². The minimum Gasteiger partial charge on any atom is -0.427 e. The topological polar surface area (TPSA) is 47.9 Å². The molecule has 0 aromatic heterocycles. The van der Waals surface area contributed by atoms with Crippen LogP contribution < -0.4 is 10.9 Å². The van der Waals surface area contributed by atoms with E-state index in [1.807, 2.05) is 53.7 Å². The van der Waals surface area contributed by atoms with Crippen LogP contribution in [0.4, 0.5) is 0 Å². The molecule has 1 aromatic rings. The molecule has 8 heteroatoms. The molecule has 1 heterocycles. The highest BCUT2D eigenvalue weighted by Crippen LogP contribution is 2.37. The molecule has 0 bridgehead atoms. The zero-order valence-corrected chi connectivity index (χ0v) is 20.0. The molecule has 1 aliphatic heterocycles. The largest absolute Gasteiger partial charge is 0.496 e. The van der Waals surface area contributed by atoms with E-state index in [2.05, 4.69) is 31.9 Å². The molecule has 1 aliphatic rings. The van der Waals surface area contributed by atoms with Gasteiger partial charge in [-0.05, 0) is 66.3 Å². The first-order valence-electron chi connectivity index (χ1n) is 8.78. The van der Waals surface area contributed by atoms with Gasteiger partial charge in [0.25, 0.3) is 0 Å². The van der Waals surface area contributed by atoms with Crippen LogP contribution in [-0.4, -0.2) is 42.1 Å². The lowest BCUT2D eigenvalue weighted by Crippen LogP contribution is -2.49. The fourth-order valence-corrected chi connectivity index (χ4v) is 3.35. The Kier molecular flexibility index (Phi) is 6.21. The maximum absolute atomic E-state index is 10.3. The molecule has 0 spiro atoms. The molecule has 1 N–H and O–H groups in total. The number of hydrogen-bond donors (Lipinski definition) is 1. The molecular weight excluding hydrogens is 462 g/mol. The Balaban J connectivity index is 2.22. The maximum atomic E-state index is 10.3. The van der Waals surface area contributed by atoms with Crippen molar-refractivity contribution in [2.45, 2.75) is 77.8 Å². The molecule has 1 saturated heterocycles. The highest BCUT2D eigenvalue weighted by atomic mass is 79.9.